The van der Waals surface area contributed by atoms with E-state index in [9.17, 15) is 0 Å². The lowest BCUT2D eigenvalue weighted by Crippen LogP contribution is -1.81. The first kappa shape index (κ1) is 4.55. The zero-order chi connectivity index (χ0) is 7.00. The van der Waals surface area contributed by atoms with E-state index in [1.807, 2.05) is 0 Å². The lowest BCUT2D eigenvalue weighted by Gasteiger charge is -2.07. The van der Waals surface area contributed by atoms with E-state index in [1.54, 1.807) is 11.1 Å². The summed E-state index contributed by atoms with van der Waals surface area (Å²) in [5.41, 5.74) is 3.23. The largest absolute Gasteiger partial charge is 0.0534 e. The Morgan fingerprint density at radius 1 is 0.636 bits per heavy atom. The van der Waals surface area contributed by atoms with Crippen molar-refractivity contribution in [3.05, 3.63) is 35.4 Å². The van der Waals surface area contributed by atoms with Gasteiger partial charge in [-0.2, -0.15) is 0 Å². The van der Waals surface area contributed by atoms with Gasteiger partial charge in [-0.1, -0.05) is 24.3 Å². The van der Waals surface area contributed by atoms with E-state index in [2.05, 4.69) is 24.3 Å². The molecule has 3 aromatic carbocycles. The van der Waals surface area contributed by atoms with Crippen LogP contribution < -0.4 is 0 Å². The fraction of sp³-hybridized carbons (Fsp3) is 0.0909. The summed E-state index contributed by atoms with van der Waals surface area (Å²) < 4.78 is 0. The van der Waals surface area contributed by atoms with E-state index in [4.69, 9.17) is 0 Å². The minimum Gasteiger partial charge on any atom is -0.0534 e. The maximum absolute atomic E-state index is 2.24. The molecule has 0 amide bonds. The van der Waals surface area contributed by atoms with Crippen LogP contribution in [-0.4, -0.2) is 0 Å². The van der Waals surface area contributed by atoms with Gasteiger partial charge < -0.3 is 0 Å². The lowest BCUT2D eigenvalue weighted by molar-refractivity contribution is 1.63. The van der Waals surface area contributed by atoms with E-state index in [-0.39, 0.29) is 0 Å². The average Bonchev–Trinajstić information content (AvgIpc) is 2.55. The molecule has 0 radical (unpaired) electrons. The van der Waals surface area contributed by atoms with Gasteiger partial charge in [0.1, 0.15) is 0 Å². The second-order valence-corrected chi connectivity index (χ2v) is 3.46. The molecule has 0 spiro atoms. The van der Waals surface area contributed by atoms with Crippen LogP contribution in [0.2, 0.25) is 0 Å². The Kier molecular flexibility index (Phi) is 0.453. The van der Waals surface area contributed by atoms with Crippen molar-refractivity contribution in [1.29, 1.82) is 0 Å². The van der Waals surface area contributed by atoms with Gasteiger partial charge >= 0.3 is 0 Å². The Balaban J connectivity index is 2.48. The van der Waals surface area contributed by atoms with Crippen molar-refractivity contribution in [3.63, 3.8) is 0 Å². The Morgan fingerprint density at radius 2 is 1.09 bits per heavy atom. The fourth-order valence-electron chi connectivity index (χ4n) is 2.14. The summed E-state index contributed by atoms with van der Waals surface area (Å²) in [6.07, 6.45) is 1.26. The molecule has 1 aliphatic rings. The first-order valence-corrected chi connectivity index (χ1v) is 4.03. The fourth-order valence-corrected chi connectivity index (χ4v) is 2.14. The molecule has 0 unspecified atom stereocenters. The smallest absolute Gasteiger partial charge is 0.000730 e. The molecular formula is C11H6. The third-order valence-electron chi connectivity index (χ3n) is 2.95. The highest BCUT2D eigenvalue weighted by atomic mass is 14.3. The molecular weight excluding hydrogens is 132 g/mol. The summed E-state index contributed by atoms with van der Waals surface area (Å²) in [7, 11) is 0. The normalized spacial score (nSPS) is 14.9. The van der Waals surface area contributed by atoms with Crippen LogP contribution in [0.4, 0.5) is 0 Å². The van der Waals surface area contributed by atoms with Crippen LogP contribution in [0, 0.1) is 0 Å². The number of benzene rings is 1. The summed E-state index contributed by atoms with van der Waals surface area (Å²) in [6.45, 7) is 0. The Bertz CT molecular complexity index is 498. The average molecular weight is 138 g/mol. The lowest BCUT2D eigenvalue weighted by atomic mass is 9.97. The molecule has 0 atom stereocenters. The molecule has 0 nitrogen and oxygen atoms in total. The molecule has 11 heavy (non-hydrogen) atoms. The molecule has 0 heteroatoms. The molecule has 0 saturated heterocycles. The molecule has 3 aromatic rings. The van der Waals surface area contributed by atoms with Crippen LogP contribution in [0.15, 0.2) is 24.3 Å². The summed E-state index contributed by atoms with van der Waals surface area (Å²) in [6, 6.07) is 8.95. The number of hydrogen-bond donors (Lipinski definition) is 0. The summed E-state index contributed by atoms with van der Waals surface area (Å²) in [5.74, 6) is 0. The zero-order valence-electron chi connectivity index (χ0n) is 6.02. The third kappa shape index (κ3) is 0.324. The van der Waals surface area contributed by atoms with Crippen LogP contribution in [0.5, 0.6) is 0 Å². The Hall–Kier alpha value is -1.30. The van der Waals surface area contributed by atoms with Gasteiger partial charge in [0.25, 0.3) is 0 Å². The van der Waals surface area contributed by atoms with Crippen LogP contribution in [0.25, 0.3) is 21.5 Å². The van der Waals surface area contributed by atoms with Crippen LogP contribution in [-0.2, 0) is 6.42 Å². The second kappa shape index (κ2) is 1.10. The minimum atomic E-state index is 1.26. The van der Waals surface area contributed by atoms with E-state index in [0.717, 1.165) is 0 Å². The first-order chi connectivity index (χ1) is 5.45. The summed E-state index contributed by atoms with van der Waals surface area (Å²) in [5, 5.41) is 6.06. The van der Waals surface area contributed by atoms with Crippen molar-refractivity contribution in [2.24, 2.45) is 0 Å². The highest BCUT2D eigenvalue weighted by Gasteiger charge is 2.26. The van der Waals surface area contributed by atoms with E-state index < -0.39 is 0 Å². The molecule has 1 aliphatic carbocycles. The Morgan fingerprint density at radius 3 is 1.45 bits per heavy atom. The van der Waals surface area contributed by atoms with E-state index in [0.29, 0.717) is 0 Å². The second-order valence-electron chi connectivity index (χ2n) is 3.46. The van der Waals surface area contributed by atoms with Crippen LogP contribution in [0.3, 0.4) is 0 Å². The van der Waals surface area contributed by atoms with Gasteiger partial charge in [-0.25, -0.2) is 0 Å². The van der Waals surface area contributed by atoms with Crippen molar-refractivity contribution in [1.82, 2.24) is 0 Å². The van der Waals surface area contributed by atoms with Crippen molar-refractivity contribution >= 4 is 21.5 Å². The van der Waals surface area contributed by atoms with Gasteiger partial charge in [-0.3, -0.25) is 0 Å². The molecule has 0 aromatic heterocycles. The maximum Gasteiger partial charge on any atom is -0.000730 e. The maximum atomic E-state index is 2.24. The number of hydrogen-bond acceptors (Lipinski definition) is 0. The molecule has 50 valence electrons. The SMILES string of the molecule is c1cc2c1c1c(c3ccc32)C1. The summed E-state index contributed by atoms with van der Waals surface area (Å²) >= 11 is 0. The predicted molar refractivity (Wildman–Crippen MR) is 46.6 cm³/mol. The van der Waals surface area contributed by atoms with Crippen molar-refractivity contribution in [2.45, 2.75) is 6.42 Å². The van der Waals surface area contributed by atoms with E-state index >= 15 is 0 Å². The number of rotatable bonds is 0. The minimum absolute atomic E-state index is 1.26. The topological polar surface area (TPSA) is 0 Å². The quantitative estimate of drug-likeness (QED) is 0.350. The van der Waals surface area contributed by atoms with Gasteiger partial charge in [0, 0.05) is 0 Å². The standard InChI is InChI=1S/C11H6/c1-3-8-6(1)7-2-4-9(7)11-5-10(8)11/h1-4H,5H2. The predicted octanol–water partition coefficient (Wildman–Crippen LogP) is 2.77. The molecule has 0 N–H and O–H groups in total. The monoisotopic (exact) mass is 138 g/mol. The molecule has 0 bridgehead atoms. The third-order valence-corrected chi connectivity index (χ3v) is 2.95. The van der Waals surface area contributed by atoms with Crippen LogP contribution in [0.1, 0.15) is 11.1 Å². The highest BCUT2D eigenvalue weighted by molar-refractivity contribution is 6.18. The van der Waals surface area contributed by atoms with Crippen molar-refractivity contribution < 1.29 is 0 Å². The number of fused-ring (bicyclic) bond motifs is 6. The van der Waals surface area contributed by atoms with Gasteiger partial charge in [0.2, 0.25) is 0 Å². The van der Waals surface area contributed by atoms with Crippen molar-refractivity contribution in [2.75, 3.05) is 0 Å². The van der Waals surface area contributed by atoms with E-state index in [1.165, 1.54) is 28.0 Å². The van der Waals surface area contributed by atoms with Gasteiger partial charge in [0.05, 0.1) is 0 Å². The Labute approximate surface area is 64.1 Å². The molecule has 0 heterocycles. The molecule has 0 saturated carbocycles. The zero-order valence-corrected chi connectivity index (χ0v) is 6.02. The highest BCUT2D eigenvalue weighted by Crippen LogP contribution is 2.46. The molecule has 0 aliphatic heterocycles. The molecule has 0 fully saturated rings. The van der Waals surface area contributed by atoms with Crippen LogP contribution >= 0.6 is 0 Å². The van der Waals surface area contributed by atoms with Gasteiger partial charge in [-0.15, -0.1) is 0 Å². The molecule has 4 rings (SSSR count). The first-order valence-electron chi connectivity index (χ1n) is 4.03. The van der Waals surface area contributed by atoms with Gasteiger partial charge in [0.15, 0.2) is 0 Å². The van der Waals surface area contributed by atoms with Crippen molar-refractivity contribution in [3.8, 4) is 0 Å². The summed E-state index contributed by atoms with van der Waals surface area (Å²) in [4.78, 5) is 0. The van der Waals surface area contributed by atoms with Gasteiger partial charge in [-0.05, 0) is 39.1 Å².